The lowest BCUT2D eigenvalue weighted by Crippen LogP contribution is -2.31. The van der Waals surface area contributed by atoms with Gasteiger partial charge in [-0.2, -0.15) is 0 Å². The van der Waals surface area contributed by atoms with E-state index in [4.69, 9.17) is 4.74 Å². The number of ether oxygens (including phenoxy) is 1. The van der Waals surface area contributed by atoms with Crippen LogP contribution in [0.5, 0.6) is 0 Å². The van der Waals surface area contributed by atoms with E-state index in [0.29, 0.717) is 19.8 Å². The minimum atomic E-state index is -0.353. The van der Waals surface area contributed by atoms with Crippen LogP contribution < -0.4 is 5.32 Å². The van der Waals surface area contributed by atoms with Gasteiger partial charge in [0.25, 0.3) is 0 Å². The van der Waals surface area contributed by atoms with E-state index in [2.05, 4.69) is 12.2 Å². The third-order valence-electron chi connectivity index (χ3n) is 2.58. The molecule has 0 heterocycles. The summed E-state index contributed by atoms with van der Waals surface area (Å²) in [6, 6.07) is 0. The topological polar surface area (TPSA) is 41.5 Å². The molecule has 0 aliphatic heterocycles. The summed E-state index contributed by atoms with van der Waals surface area (Å²) in [4.78, 5) is 0. The first-order chi connectivity index (χ1) is 6.24. The van der Waals surface area contributed by atoms with E-state index in [-0.39, 0.29) is 6.10 Å². The average molecular weight is 187 g/mol. The summed E-state index contributed by atoms with van der Waals surface area (Å²) < 4.78 is 5.10. The van der Waals surface area contributed by atoms with E-state index in [0.717, 1.165) is 18.4 Å². The zero-order chi connectivity index (χ0) is 9.68. The zero-order valence-electron chi connectivity index (χ0n) is 8.62. The Morgan fingerprint density at radius 2 is 2.31 bits per heavy atom. The summed E-state index contributed by atoms with van der Waals surface area (Å²) in [6.45, 7) is 7.03. The minimum absolute atomic E-state index is 0.353. The van der Waals surface area contributed by atoms with Gasteiger partial charge in [-0.1, -0.05) is 6.92 Å². The molecule has 0 aromatic carbocycles. The van der Waals surface area contributed by atoms with E-state index < -0.39 is 0 Å². The molecule has 1 saturated carbocycles. The van der Waals surface area contributed by atoms with Crippen molar-refractivity contribution in [2.45, 2.75) is 26.4 Å². The van der Waals surface area contributed by atoms with Crippen LogP contribution in [0.2, 0.25) is 0 Å². The molecular formula is C10H21NO2. The van der Waals surface area contributed by atoms with E-state index in [1.165, 1.54) is 6.42 Å². The molecule has 3 atom stereocenters. The van der Waals surface area contributed by atoms with Crippen LogP contribution in [0.25, 0.3) is 0 Å². The predicted molar refractivity (Wildman–Crippen MR) is 52.6 cm³/mol. The van der Waals surface area contributed by atoms with Crippen molar-refractivity contribution >= 4 is 0 Å². The SMILES string of the molecule is CCOCC(O)CNCC1CC1C. The number of rotatable bonds is 7. The lowest BCUT2D eigenvalue weighted by Gasteiger charge is -2.11. The van der Waals surface area contributed by atoms with Crippen LogP contribution in [0, 0.1) is 11.8 Å². The number of aliphatic hydroxyl groups excluding tert-OH is 1. The Bertz CT molecular complexity index is 141. The Balaban J connectivity index is 1.86. The Morgan fingerprint density at radius 1 is 1.62 bits per heavy atom. The highest BCUT2D eigenvalue weighted by Crippen LogP contribution is 2.36. The smallest absolute Gasteiger partial charge is 0.0897 e. The number of aliphatic hydroxyl groups is 1. The number of nitrogens with one attached hydrogen (secondary N) is 1. The number of hydrogen-bond acceptors (Lipinski definition) is 3. The molecule has 3 heteroatoms. The van der Waals surface area contributed by atoms with Crippen molar-refractivity contribution in [1.29, 1.82) is 0 Å². The maximum absolute atomic E-state index is 9.39. The molecule has 1 fully saturated rings. The van der Waals surface area contributed by atoms with Crippen LogP contribution in [0.3, 0.4) is 0 Å². The molecule has 3 nitrogen and oxygen atoms in total. The predicted octanol–water partition coefficient (Wildman–Crippen LogP) is 0.629. The summed E-state index contributed by atoms with van der Waals surface area (Å²) in [5.41, 5.74) is 0. The molecule has 3 unspecified atom stereocenters. The van der Waals surface area contributed by atoms with Crippen molar-refractivity contribution in [3.63, 3.8) is 0 Å². The van der Waals surface area contributed by atoms with Crippen LogP contribution in [0.4, 0.5) is 0 Å². The molecule has 78 valence electrons. The van der Waals surface area contributed by atoms with Crippen LogP contribution in [0.15, 0.2) is 0 Å². The first-order valence-electron chi connectivity index (χ1n) is 5.20. The van der Waals surface area contributed by atoms with Gasteiger partial charge in [0.1, 0.15) is 0 Å². The highest BCUT2D eigenvalue weighted by molar-refractivity contribution is 4.84. The maximum atomic E-state index is 9.39. The molecule has 1 rings (SSSR count). The maximum Gasteiger partial charge on any atom is 0.0897 e. The molecule has 0 radical (unpaired) electrons. The second-order valence-electron chi connectivity index (χ2n) is 3.94. The van der Waals surface area contributed by atoms with Gasteiger partial charge < -0.3 is 15.2 Å². The summed E-state index contributed by atoms with van der Waals surface area (Å²) in [7, 11) is 0. The van der Waals surface area contributed by atoms with Gasteiger partial charge in [-0.05, 0) is 31.7 Å². The van der Waals surface area contributed by atoms with Crippen molar-refractivity contribution in [3.8, 4) is 0 Å². The van der Waals surface area contributed by atoms with Gasteiger partial charge in [0.2, 0.25) is 0 Å². The summed E-state index contributed by atoms with van der Waals surface area (Å²) in [5, 5.41) is 12.6. The molecule has 0 saturated heterocycles. The van der Waals surface area contributed by atoms with Crippen LogP contribution in [-0.4, -0.2) is 37.5 Å². The highest BCUT2D eigenvalue weighted by atomic mass is 16.5. The Kier molecular flexibility index (Phi) is 4.70. The molecule has 1 aliphatic rings. The monoisotopic (exact) mass is 187 g/mol. The molecule has 0 amide bonds. The fourth-order valence-corrected chi connectivity index (χ4v) is 1.43. The summed E-state index contributed by atoms with van der Waals surface area (Å²) in [6.07, 6.45) is 0.989. The van der Waals surface area contributed by atoms with Crippen LogP contribution >= 0.6 is 0 Å². The third-order valence-corrected chi connectivity index (χ3v) is 2.58. The third kappa shape index (κ3) is 4.60. The Labute approximate surface area is 80.5 Å². The number of hydrogen-bond donors (Lipinski definition) is 2. The standard InChI is InChI=1S/C10H21NO2/c1-3-13-7-10(12)6-11-5-9-4-8(9)2/h8-12H,3-7H2,1-2H3. The van der Waals surface area contributed by atoms with Gasteiger partial charge in [0.05, 0.1) is 12.7 Å². The van der Waals surface area contributed by atoms with Crippen molar-refractivity contribution in [3.05, 3.63) is 0 Å². The zero-order valence-corrected chi connectivity index (χ0v) is 8.62. The fourth-order valence-electron chi connectivity index (χ4n) is 1.43. The second kappa shape index (κ2) is 5.58. The molecule has 0 aromatic heterocycles. The van der Waals surface area contributed by atoms with E-state index >= 15 is 0 Å². The first-order valence-corrected chi connectivity index (χ1v) is 5.20. The minimum Gasteiger partial charge on any atom is -0.389 e. The van der Waals surface area contributed by atoms with E-state index in [1.807, 2.05) is 6.92 Å². The molecule has 2 N–H and O–H groups in total. The lowest BCUT2D eigenvalue weighted by molar-refractivity contribution is 0.0428. The summed E-state index contributed by atoms with van der Waals surface area (Å²) in [5.74, 6) is 1.73. The quantitative estimate of drug-likeness (QED) is 0.614. The van der Waals surface area contributed by atoms with Crippen LogP contribution in [-0.2, 0) is 4.74 Å². The average Bonchev–Trinajstić information content (AvgIpc) is 2.79. The van der Waals surface area contributed by atoms with E-state index in [1.54, 1.807) is 0 Å². The van der Waals surface area contributed by atoms with Crippen molar-refractivity contribution in [2.75, 3.05) is 26.3 Å². The van der Waals surface area contributed by atoms with Crippen molar-refractivity contribution < 1.29 is 9.84 Å². The second-order valence-corrected chi connectivity index (χ2v) is 3.94. The first kappa shape index (κ1) is 11.0. The van der Waals surface area contributed by atoms with Gasteiger partial charge in [0.15, 0.2) is 0 Å². The van der Waals surface area contributed by atoms with Crippen molar-refractivity contribution in [1.82, 2.24) is 5.32 Å². The van der Waals surface area contributed by atoms with Crippen LogP contribution in [0.1, 0.15) is 20.3 Å². The van der Waals surface area contributed by atoms with Gasteiger partial charge in [-0.25, -0.2) is 0 Å². The van der Waals surface area contributed by atoms with Gasteiger partial charge in [-0.15, -0.1) is 0 Å². The van der Waals surface area contributed by atoms with E-state index in [9.17, 15) is 5.11 Å². The molecule has 1 aliphatic carbocycles. The Morgan fingerprint density at radius 3 is 2.85 bits per heavy atom. The van der Waals surface area contributed by atoms with Gasteiger partial charge in [0, 0.05) is 13.2 Å². The molecule has 0 spiro atoms. The van der Waals surface area contributed by atoms with Crippen molar-refractivity contribution in [2.24, 2.45) is 11.8 Å². The molecule has 0 aromatic rings. The highest BCUT2D eigenvalue weighted by Gasteiger charge is 2.31. The Hall–Kier alpha value is -0.120. The summed E-state index contributed by atoms with van der Waals surface area (Å²) >= 11 is 0. The van der Waals surface area contributed by atoms with Gasteiger partial charge >= 0.3 is 0 Å². The lowest BCUT2D eigenvalue weighted by atomic mass is 10.3. The largest absolute Gasteiger partial charge is 0.389 e. The van der Waals surface area contributed by atoms with Gasteiger partial charge in [-0.3, -0.25) is 0 Å². The fraction of sp³-hybridized carbons (Fsp3) is 1.00. The molecule has 13 heavy (non-hydrogen) atoms. The molecular weight excluding hydrogens is 166 g/mol. The normalized spacial score (nSPS) is 28.8. The molecule has 0 bridgehead atoms.